The monoisotopic (exact) mass is 405 g/mol. The van der Waals surface area contributed by atoms with E-state index in [2.05, 4.69) is 20.7 Å². The number of ether oxygens (including phenoxy) is 1. The number of carbonyl (C=O) groups excluding carboxylic acids is 4. The molecule has 1 unspecified atom stereocenters. The zero-order chi connectivity index (χ0) is 22.2. The lowest BCUT2D eigenvalue weighted by molar-refractivity contribution is -0.142. The molecule has 0 aliphatic heterocycles. The number of esters is 1. The van der Waals surface area contributed by atoms with Crippen LogP contribution >= 0.6 is 0 Å². The Labute approximate surface area is 171 Å². The number of amides is 3. The smallest absolute Gasteiger partial charge is 0.325 e. The Morgan fingerprint density at radius 2 is 1.55 bits per heavy atom. The Morgan fingerprint density at radius 1 is 0.966 bits per heavy atom. The number of hydrogen-bond acceptors (Lipinski definition) is 5. The van der Waals surface area contributed by atoms with Crippen molar-refractivity contribution in [3.63, 3.8) is 0 Å². The molecule has 0 saturated heterocycles. The maximum atomic E-state index is 12.9. The van der Waals surface area contributed by atoms with E-state index < -0.39 is 35.3 Å². The molecule has 0 heterocycles. The van der Waals surface area contributed by atoms with Crippen LogP contribution in [0, 0.1) is 11.3 Å². The molecule has 0 fully saturated rings. The molecule has 0 aliphatic carbocycles. The Bertz CT molecular complexity index is 726. The Morgan fingerprint density at radius 3 is 2.03 bits per heavy atom. The number of methoxy groups -OCH3 is 1. The van der Waals surface area contributed by atoms with Gasteiger partial charge in [0.05, 0.1) is 7.11 Å². The lowest BCUT2D eigenvalue weighted by atomic mass is 9.85. The summed E-state index contributed by atoms with van der Waals surface area (Å²) in [5, 5.41) is 7.91. The molecule has 29 heavy (non-hydrogen) atoms. The maximum absolute atomic E-state index is 12.9. The quantitative estimate of drug-likeness (QED) is 0.564. The Hall–Kier alpha value is -2.90. The van der Waals surface area contributed by atoms with Crippen molar-refractivity contribution in [2.45, 2.75) is 46.7 Å². The SMILES string of the molecule is COC(=O)CNC(=O)C(NC(=O)[C@@H](NC(=O)c1ccccc1)C(C)C)C(C)(C)C. The topological polar surface area (TPSA) is 114 Å². The fourth-order valence-corrected chi connectivity index (χ4v) is 2.59. The van der Waals surface area contributed by atoms with E-state index >= 15 is 0 Å². The van der Waals surface area contributed by atoms with Gasteiger partial charge in [0.15, 0.2) is 0 Å². The van der Waals surface area contributed by atoms with E-state index in [0.29, 0.717) is 5.56 Å². The Balaban J connectivity index is 2.92. The van der Waals surface area contributed by atoms with Crippen LogP contribution in [0.15, 0.2) is 30.3 Å². The lowest BCUT2D eigenvalue weighted by Crippen LogP contribution is -2.59. The highest BCUT2D eigenvalue weighted by Crippen LogP contribution is 2.20. The highest BCUT2D eigenvalue weighted by Gasteiger charge is 2.35. The second kappa shape index (κ2) is 10.6. The lowest BCUT2D eigenvalue weighted by Gasteiger charge is -2.32. The number of nitrogens with one attached hydrogen (secondary N) is 3. The third-order valence-electron chi connectivity index (χ3n) is 4.32. The highest BCUT2D eigenvalue weighted by atomic mass is 16.5. The molecular weight excluding hydrogens is 374 g/mol. The Kier molecular flexibility index (Phi) is 8.82. The number of hydrogen-bond donors (Lipinski definition) is 3. The first-order valence-electron chi connectivity index (χ1n) is 9.48. The van der Waals surface area contributed by atoms with Crippen LogP contribution in [0.5, 0.6) is 0 Å². The third kappa shape index (κ3) is 7.56. The molecule has 3 N–H and O–H groups in total. The first-order valence-corrected chi connectivity index (χ1v) is 9.48. The van der Waals surface area contributed by atoms with Gasteiger partial charge in [0.1, 0.15) is 18.6 Å². The summed E-state index contributed by atoms with van der Waals surface area (Å²) in [5.74, 6) is -2.15. The molecule has 1 rings (SSSR count). The summed E-state index contributed by atoms with van der Waals surface area (Å²) in [5.41, 5.74) is -0.185. The van der Waals surface area contributed by atoms with Gasteiger partial charge in [-0.1, -0.05) is 52.8 Å². The minimum Gasteiger partial charge on any atom is -0.468 e. The molecule has 2 atom stereocenters. The van der Waals surface area contributed by atoms with Gasteiger partial charge in [-0.3, -0.25) is 19.2 Å². The van der Waals surface area contributed by atoms with E-state index in [1.807, 2.05) is 0 Å². The van der Waals surface area contributed by atoms with Crippen LogP contribution in [0.25, 0.3) is 0 Å². The predicted molar refractivity (Wildman–Crippen MR) is 109 cm³/mol. The molecule has 0 radical (unpaired) electrons. The van der Waals surface area contributed by atoms with E-state index in [4.69, 9.17) is 0 Å². The van der Waals surface area contributed by atoms with Crippen molar-refractivity contribution in [2.24, 2.45) is 11.3 Å². The number of carbonyl (C=O) groups is 4. The fraction of sp³-hybridized carbons (Fsp3) is 0.524. The molecule has 8 nitrogen and oxygen atoms in total. The van der Waals surface area contributed by atoms with Gasteiger partial charge in [0.25, 0.3) is 5.91 Å². The van der Waals surface area contributed by atoms with Gasteiger partial charge < -0.3 is 20.7 Å². The largest absolute Gasteiger partial charge is 0.468 e. The molecule has 0 aliphatic rings. The molecule has 0 bridgehead atoms. The van der Waals surface area contributed by atoms with Gasteiger partial charge in [-0.25, -0.2) is 0 Å². The molecule has 0 spiro atoms. The van der Waals surface area contributed by atoms with Crippen LogP contribution in [-0.4, -0.2) is 49.4 Å². The number of rotatable bonds is 8. The van der Waals surface area contributed by atoms with Crippen molar-refractivity contribution in [2.75, 3.05) is 13.7 Å². The van der Waals surface area contributed by atoms with Gasteiger partial charge in [0.2, 0.25) is 11.8 Å². The second-order valence-corrected chi connectivity index (χ2v) is 8.16. The standard InChI is InChI=1S/C21H31N3O5/c1-13(2)16(23-18(26)14-10-8-7-9-11-14)19(27)24-17(21(3,4)5)20(28)22-12-15(25)29-6/h7-11,13,16-17H,12H2,1-6H3,(H,22,28)(H,23,26)(H,24,27)/t16-,17?/m0/s1. The van der Waals surface area contributed by atoms with Crippen LogP contribution < -0.4 is 16.0 Å². The third-order valence-corrected chi connectivity index (χ3v) is 4.32. The molecule has 8 heteroatoms. The zero-order valence-electron chi connectivity index (χ0n) is 17.9. The van der Waals surface area contributed by atoms with Crippen molar-refractivity contribution in [1.82, 2.24) is 16.0 Å². The molecule has 160 valence electrons. The minimum atomic E-state index is -0.908. The van der Waals surface area contributed by atoms with Crippen LogP contribution in [-0.2, 0) is 19.1 Å². The van der Waals surface area contributed by atoms with Crippen LogP contribution in [0.4, 0.5) is 0 Å². The van der Waals surface area contributed by atoms with Gasteiger partial charge in [0, 0.05) is 5.56 Å². The van der Waals surface area contributed by atoms with Gasteiger partial charge in [-0.15, -0.1) is 0 Å². The fourth-order valence-electron chi connectivity index (χ4n) is 2.59. The average Bonchev–Trinajstić information content (AvgIpc) is 2.67. The molecule has 1 aromatic carbocycles. The van der Waals surface area contributed by atoms with Crippen LogP contribution in [0.3, 0.4) is 0 Å². The summed E-state index contributed by atoms with van der Waals surface area (Å²) in [4.78, 5) is 49.2. The van der Waals surface area contributed by atoms with Crippen molar-refractivity contribution in [3.8, 4) is 0 Å². The summed E-state index contributed by atoms with van der Waals surface area (Å²) in [6.45, 7) is 8.70. The van der Waals surface area contributed by atoms with Crippen LogP contribution in [0.1, 0.15) is 45.0 Å². The van der Waals surface area contributed by atoms with E-state index in [9.17, 15) is 19.2 Å². The summed E-state index contributed by atoms with van der Waals surface area (Å²) in [7, 11) is 1.22. The van der Waals surface area contributed by atoms with Gasteiger partial charge >= 0.3 is 5.97 Å². The van der Waals surface area contributed by atoms with E-state index in [1.54, 1.807) is 65.0 Å². The zero-order valence-corrected chi connectivity index (χ0v) is 17.9. The number of benzene rings is 1. The first kappa shape index (κ1) is 24.1. The second-order valence-electron chi connectivity index (χ2n) is 8.16. The molecular formula is C21H31N3O5. The van der Waals surface area contributed by atoms with Crippen molar-refractivity contribution in [3.05, 3.63) is 35.9 Å². The highest BCUT2D eigenvalue weighted by molar-refractivity contribution is 5.98. The average molecular weight is 405 g/mol. The van der Waals surface area contributed by atoms with E-state index in [0.717, 1.165) is 0 Å². The molecule has 3 amide bonds. The predicted octanol–water partition coefficient (Wildman–Crippen LogP) is 1.26. The molecule has 1 aromatic rings. The normalized spacial score (nSPS) is 13.2. The van der Waals surface area contributed by atoms with Gasteiger partial charge in [-0.05, 0) is 23.5 Å². The summed E-state index contributed by atoms with van der Waals surface area (Å²) >= 11 is 0. The first-order chi connectivity index (χ1) is 13.5. The van der Waals surface area contributed by atoms with E-state index in [-0.39, 0.29) is 18.4 Å². The van der Waals surface area contributed by atoms with Crippen molar-refractivity contribution < 1.29 is 23.9 Å². The van der Waals surface area contributed by atoms with E-state index in [1.165, 1.54) is 7.11 Å². The minimum absolute atomic E-state index is 0.207. The molecule has 0 saturated carbocycles. The van der Waals surface area contributed by atoms with Gasteiger partial charge in [-0.2, -0.15) is 0 Å². The van der Waals surface area contributed by atoms with Crippen molar-refractivity contribution in [1.29, 1.82) is 0 Å². The summed E-state index contributed by atoms with van der Waals surface area (Å²) < 4.78 is 4.51. The van der Waals surface area contributed by atoms with Crippen LogP contribution in [0.2, 0.25) is 0 Å². The summed E-state index contributed by atoms with van der Waals surface area (Å²) in [6, 6.07) is 6.84. The summed E-state index contributed by atoms with van der Waals surface area (Å²) in [6.07, 6.45) is 0. The van der Waals surface area contributed by atoms with Crippen molar-refractivity contribution >= 4 is 23.7 Å². The molecule has 0 aromatic heterocycles. The maximum Gasteiger partial charge on any atom is 0.325 e.